The van der Waals surface area contributed by atoms with Gasteiger partial charge in [0.25, 0.3) is 0 Å². The first-order valence-corrected chi connectivity index (χ1v) is 36.6. The Morgan fingerprint density at radius 1 is 0.706 bits per heavy atom. The summed E-state index contributed by atoms with van der Waals surface area (Å²) in [4.78, 5) is 157. The van der Waals surface area contributed by atoms with E-state index in [0.717, 1.165) is 6.42 Å². The van der Waals surface area contributed by atoms with Crippen molar-refractivity contribution in [2.75, 3.05) is 46.2 Å². The van der Waals surface area contributed by atoms with Gasteiger partial charge in [-0.3, -0.25) is 48.0 Å². The van der Waals surface area contributed by atoms with Gasteiger partial charge < -0.3 is 83.6 Å². The fourth-order valence-corrected chi connectivity index (χ4v) is 13.1. The summed E-state index contributed by atoms with van der Waals surface area (Å²) in [6.07, 6.45) is 2.03. The number of methoxy groups -OCH3 is 1. The number of aliphatic hydroxyl groups is 1. The maximum Gasteiger partial charge on any atom is 0.312 e. The number of nitrogens with zero attached hydrogens (tertiary/aromatic N) is 3. The number of primary amides is 1. The number of hydrogen-bond donors (Lipinski definition) is 13. The molecule has 8 unspecified atom stereocenters. The Morgan fingerprint density at radius 2 is 1.30 bits per heavy atom. The lowest BCUT2D eigenvalue weighted by Gasteiger charge is -2.41. The predicted octanol–water partition coefficient (Wildman–Crippen LogP) is 3.70. The van der Waals surface area contributed by atoms with Crippen molar-refractivity contribution in [3.05, 3.63) is 65.7 Å². The Hall–Kier alpha value is -7.24. The van der Waals surface area contributed by atoms with Crippen LogP contribution in [0.15, 0.2) is 54.6 Å². The molecule has 2 aromatic carbocycles. The number of carbonyl (C=O) groups excluding carboxylic acids is 11. The van der Waals surface area contributed by atoms with Crippen molar-refractivity contribution in [3.8, 4) is 0 Å². The van der Waals surface area contributed by atoms with Gasteiger partial charge in [0.2, 0.25) is 53.2 Å². The lowest BCUT2D eigenvalue weighted by molar-refractivity contribution is -0.192. The zero-order valence-electron chi connectivity index (χ0n) is 62.6. The second kappa shape index (κ2) is 45.1. The van der Waals surface area contributed by atoms with Gasteiger partial charge in [0.05, 0.1) is 49.4 Å². The Bertz CT molecular complexity index is 2990. The predicted molar refractivity (Wildman–Crippen MR) is 392 cm³/mol. The first kappa shape index (κ1) is 89.0. The van der Waals surface area contributed by atoms with Crippen LogP contribution in [0.5, 0.6) is 0 Å². The number of aldehydes is 1. The second-order valence-corrected chi connectivity index (χ2v) is 29.1. The molecular formula is C72H121N14O15P. The summed E-state index contributed by atoms with van der Waals surface area (Å²) in [5.74, 6) is -6.27. The number of hydrogen-bond acceptors (Lipinski definition) is 18. The molecule has 1 heterocycles. The van der Waals surface area contributed by atoms with Crippen molar-refractivity contribution in [2.45, 2.75) is 239 Å². The van der Waals surface area contributed by atoms with Gasteiger partial charge in [0, 0.05) is 70.6 Å². The van der Waals surface area contributed by atoms with Crippen molar-refractivity contribution in [1.82, 2.24) is 57.6 Å². The first-order valence-electron chi connectivity index (χ1n) is 35.9. The third-order valence-corrected chi connectivity index (χ3v) is 20.0. The molecule has 574 valence electrons. The highest BCUT2D eigenvalue weighted by atomic mass is 31.0. The lowest BCUT2D eigenvalue weighted by Crippen LogP contribution is -2.60. The van der Waals surface area contributed by atoms with E-state index in [-0.39, 0.29) is 118 Å². The number of amides is 11. The molecule has 1 saturated heterocycles. The van der Waals surface area contributed by atoms with E-state index >= 15 is 0 Å². The number of likely N-dealkylation sites (tertiary alicyclic amines) is 1. The molecule has 1 fully saturated rings. The van der Waals surface area contributed by atoms with Crippen molar-refractivity contribution < 1.29 is 72.6 Å². The Labute approximate surface area is 605 Å². The largest absolute Gasteiger partial charge is 0.386 e. The smallest absolute Gasteiger partial charge is 0.312 e. The zero-order valence-corrected chi connectivity index (χ0v) is 63.8. The molecule has 0 radical (unpaired) electrons. The van der Waals surface area contributed by atoms with Gasteiger partial charge in [0.15, 0.2) is 0 Å². The fourth-order valence-electron chi connectivity index (χ4n) is 12.5. The maximum absolute atomic E-state index is 14.8. The third kappa shape index (κ3) is 28.4. The summed E-state index contributed by atoms with van der Waals surface area (Å²) in [6, 6.07) is 6.73. The minimum absolute atomic E-state index is 0.0114. The average Bonchev–Trinajstić information content (AvgIpc) is 1.56. The number of ether oxygens (including phenoxy) is 1. The second-order valence-electron chi connectivity index (χ2n) is 28.4. The molecular weight excluding hydrogens is 1330 g/mol. The molecule has 3 rings (SSSR count). The van der Waals surface area contributed by atoms with E-state index in [0.29, 0.717) is 48.9 Å². The summed E-state index contributed by atoms with van der Waals surface area (Å²) in [5, 5.41) is 43.7. The van der Waals surface area contributed by atoms with Crippen molar-refractivity contribution in [2.24, 2.45) is 47.0 Å². The minimum Gasteiger partial charge on any atom is -0.386 e. The van der Waals surface area contributed by atoms with E-state index < -0.39 is 120 Å². The molecule has 0 saturated carbocycles. The number of hydroxylamine groups is 3. The number of urea groups is 1. The summed E-state index contributed by atoms with van der Waals surface area (Å²) < 4.78 is 6.11. The molecule has 15 N–H and O–H groups in total. The number of nitrogens with one attached hydrogen (secondary N) is 9. The Morgan fingerprint density at radius 3 is 1.87 bits per heavy atom. The van der Waals surface area contributed by atoms with Crippen LogP contribution in [-0.4, -0.2) is 204 Å². The van der Waals surface area contributed by atoms with E-state index in [1.54, 1.807) is 77.9 Å². The number of nitrogens with two attached hydrogens (primary N) is 2. The van der Waals surface area contributed by atoms with Crippen LogP contribution in [-0.2, 0) is 64.1 Å². The summed E-state index contributed by atoms with van der Waals surface area (Å²) in [5.41, 5.74) is 14.8. The number of benzene rings is 2. The standard InChI is InChI=1S/C72H121N14O15P/c1-16-45(10)62(55(100-15)38-57(89)86-37-23-29-54(86)64(102)46(11)65(91)77-47(12)63(90)49-24-18-17-19-25-49)84(13)71(97)60(43(6)7)83-70(96)61(44(8)9)85(14)101-40-48-31-33-50(34-32-48)78-67(93)53(28-22-36-76-99)80-69(95)58(41(2)3)81-56(88)30-20-27-52(73)66(92)82-59(42(4)5)68(94)79-51(39-87)26-21-35-75-72(74)98/h17-19,24-25,31-34,39,41-47,51-55,58-64,76,90,99H,16,20-23,26-30,35-38,40,73,102H2,1-15H3,(H,77,91)(H,78,93)(H,79,94)(H,80,95)(H,81,88)(H,82,92)(H,83,96)(H3,74,75,98)/t45-,46?,47?,51?,52?,53-,54-,55?,58-,59-,60-,61?,62+,63+,64?/m0/s1. The van der Waals surface area contributed by atoms with Crippen LogP contribution in [0.3, 0.4) is 0 Å². The van der Waals surface area contributed by atoms with Crippen LogP contribution >= 0.6 is 9.24 Å². The van der Waals surface area contributed by atoms with Crippen LogP contribution in [0.25, 0.3) is 0 Å². The Balaban J connectivity index is 1.63. The van der Waals surface area contributed by atoms with E-state index in [9.17, 15) is 63.1 Å². The molecule has 0 aromatic heterocycles. The zero-order chi connectivity index (χ0) is 76.7. The minimum atomic E-state index is -1.11. The molecule has 0 spiro atoms. The summed E-state index contributed by atoms with van der Waals surface area (Å²) in [7, 11) is 7.63. The van der Waals surface area contributed by atoms with E-state index in [4.69, 9.17) is 21.0 Å². The van der Waals surface area contributed by atoms with Crippen LogP contribution in [0, 0.1) is 35.5 Å². The van der Waals surface area contributed by atoms with E-state index in [1.165, 1.54) is 12.2 Å². The van der Waals surface area contributed by atoms with Gasteiger partial charge in [0.1, 0.15) is 36.5 Å². The molecule has 1 aliphatic rings. The van der Waals surface area contributed by atoms with Crippen molar-refractivity contribution >= 4 is 80.4 Å². The molecule has 0 bridgehead atoms. The number of aliphatic hydroxyl groups excluding tert-OH is 1. The molecule has 11 amide bonds. The SMILES string of the molecule is CC[C@H](C)[C@H](C(CC(=O)N1CCC[C@H]1C(P)C(C)C(=O)NC(C)[C@@H](O)c1ccccc1)OC)N(C)C(=O)[C@@H](NC(=O)C(C(C)C)N(C)OCc1ccc(NC(=O)[C@H](CCCNO)NC(=O)[C@@H](NC(=O)CCCC(N)C(=O)N[C@H](C(=O)NC(C=O)CCCNC(N)=O)C(C)C)C(C)C)cc1)C(C)C. The van der Waals surface area contributed by atoms with Gasteiger partial charge in [-0.2, -0.15) is 5.06 Å². The lowest BCUT2D eigenvalue weighted by atomic mass is 9.89. The molecule has 2 aromatic rings. The van der Waals surface area contributed by atoms with Crippen LogP contribution in [0.4, 0.5) is 10.5 Å². The normalized spacial score (nSPS) is 17.3. The quantitative estimate of drug-likeness (QED) is 0.0194. The van der Waals surface area contributed by atoms with Crippen molar-refractivity contribution in [3.63, 3.8) is 0 Å². The monoisotopic (exact) mass is 1450 g/mol. The first-order chi connectivity index (χ1) is 48.1. The van der Waals surface area contributed by atoms with Crippen LogP contribution in [0.1, 0.15) is 171 Å². The highest BCUT2D eigenvalue weighted by Crippen LogP contribution is 2.33. The molecule has 0 aliphatic carbocycles. The summed E-state index contributed by atoms with van der Waals surface area (Å²) >= 11 is 0. The highest BCUT2D eigenvalue weighted by molar-refractivity contribution is 7.17. The number of rotatable bonds is 46. The van der Waals surface area contributed by atoms with Gasteiger partial charge in [-0.05, 0) is 111 Å². The van der Waals surface area contributed by atoms with Crippen LogP contribution in [0.2, 0.25) is 0 Å². The van der Waals surface area contributed by atoms with E-state index in [2.05, 4.69) is 57.3 Å². The highest BCUT2D eigenvalue weighted by Gasteiger charge is 2.43. The number of anilines is 1. The van der Waals surface area contributed by atoms with Crippen molar-refractivity contribution in [1.29, 1.82) is 0 Å². The average molecular weight is 1450 g/mol. The maximum atomic E-state index is 14.8. The number of carbonyl (C=O) groups is 11. The Kier molecular flexibility index (Phi) is 39.3. The van der Waals surface area contributed by atoms with Gasteiger partial charge in [-0.1, -0.05) is 125 Å². The molecule has 102 heavy (non-hydrogen) atoms. The molecule has 16 atom stereocenters. The molecule has 1 aliphatic heterocycles. The van der Waals surface area contributed by atoms with E-state index in [1.807, 2.05) is 83.7 Å². The molecule has 30 heteroatoms. The van der Waals surface area contributed by atoms with Gasteiger partial charge >= 0.3 is 6.03 Å². The number of likely N-dealkylation sites (N-methyl/N-ethyl adjacent to an activating group) is 2. The molecule has 29 nitrogen and oxygen atoms in total. The van der Waals surface area contributed by atoms with Gasteiger partial charge in [-0.15, -0.1) is 9.24 Å². The third-order valence-electron chi connectivity index (χ3n) is 19.0. The van der Waals surface area contributed by atoms with Crippen LogP contribution < -0.4 is 59.5 Å². The topological polar surface area (TPSA) is 417 Å². The van der Waals surface area contributed by atoms with Gasteiger partial charge in [-0.25, -0.2) is 10.3 Å². The fraction of sp³-hybridized carbons (Fsp3) is 0.681. The summed E-state index contributed by atoms with van der Waals surface area (Å²) in [6.45, 7) is 22.7.